The summed E-state index contributed by atoms with van der Waals surface area (Å²) in [5, 5.41) is 45.0. The average molecular weight is 683 g/mol. The van der Waals surface area contributed by atoms with Crippen molar-refractivity contribution in [3.8, 4) is 23.0 Å². The molecule has 0 saturated carbocycles. The zero-order valence-electron chi connectivity index (χ0n) is 27.8. The molecule has 8 nitrogen and oxygen atoms in total. The number of benzene rings is 5. The average Bonchev–Trinajstić information content (AvgIpc) is 3.95. The molecule has 0 aliphatic rings. The summed E-state index contributed by atoms with van der Waals surface area (Å²) in [7, 11) is 0. The summed E-state index contributed by atoms with van der Waals surface area (Å²) >= 11 is 0. The number of allylic oxidation sites excluding steroid dienone is 2. The maximum absolute atomic E-state index is 10.3. The first-order chi connectivity index (χ1) is 25.4. The molecule has 0 atom stereocenters. The van der Waals surface area contributed by atoms with E-state index in [0.29, 0.717) is 0 Å². The second-order valence-corrected chi connectivity index (χ2v) is 13.2. The molecule has 0 saturated heterocycles. The summed E-state index contributed by atoms with van der Waals surface area (Å²) in [4.78, 5) is 13.4. The van der Waals surface area contributed by atoms with Crippen molar-refractivity contribution in [3.63, 3.8) is 0 Å². The minimum Gasteiger partial charge on any atom is -0.508 e. The lowest BCUT2D eigenvalue weighted by molar-refractivity contribution is 0.475. The highest BCUT2D eigenvalue weighted by Gasteiger charge is 2.21. The lowest BCUT2D eigenvalue weighted by Gasteiger charge is -2.13. The molecular weight excluding hydrogens is 649 g/mol. The smallest absolute Gasteiger partial charge is 0.116 e. The number of rotatable bonds is 8. The Labute approximate surface area is 297 Å². The number of aromatic amines is 4. The molecule has 52 heavy (non-hydrogen) atoms. The molecule has 0 bridgehead atoms. The van der Waals surface area contributed by atoms with Gasteiger partial charge < -0.3 is 40.4 Å². The van der Waals surface area contributed by atoms with Crippen LogP contribution in [0.5, 0.6) is 23.0 Å². The number of phenolic OH excluding ortho intramolecular Hbond substituents is 4. The van der Waals surface area contributed by atoms with Crippen LogP contribution in [0, 0.1) is 0 Å². The first-order valence-corrected chi connectivity index (χ1v) is 17.0. The molecule has 0 aliphatic carbocycles. The van der Waals surface area contributed by atoms with E-state index >= 15 is 0 Å². The Kier molecular flexibility index (Phi) is 7.36. The Morgan fingerprint density at radius 1 is 0.365 bits per heavy atom. The van der Waals surface area contributed by atoms with Crippen LogP contribution in [0.2, 0.25) is 0 Å². The monoisotopic (exact) mass is 682 g/mol. The standard InChI is InChI=1S/C44H34N4O4/c49-27-7-13-41-33(17-27)37(21-45-41)31(38-22-46-42-14-8-28(50)18-34(38)42)11-5-25-1-2-26(4-3-25)6-12-32(39-23-47-43-15-9-29(51)19-35(39)43)40-24-48-44-16-10-30(52)20-36(40)44/h1-24,31-32,45-52H/b11-5+,12-6+. The van der Waals surface area contributed by atoms with Crippen LogP contribution < -0.4 is 0 Å². The fourth-order valence-corrected chi connectivity index (χ4v) is 7.43. The summed E-state index contributed by atoms with van der Waals surface area (Å²) in [6.07, 6.45) is 16.4. The molecule has 4 aromatic heterocycles. The van der Waals surface area contributed by atoms with Gasteiger partial charge in [-0.1, -0.05) is 48.6 Å². The number of nitrogens with one attached hydrogen (secondary N) is 4. The zero-order valence-corrected chi connectivity index (χ0v) is 27.8. The summed E-state index contributed by atoms with van der Waals surface area (Å²) in [5.41, 5.74) is 9.78. The number of aromatic hydroxyl groups is 4. The topological polar surface area (TPSA) is 144 Å². The molecular formula is C44H34N4O4. The van der Waals surface area contributed by atoms with E-state index in [1.165, 1.54) is 0 Å². The first-order valence-electron chi connectivity index (χ1n) is 17.0. The quantitative estimate of drug-likeness (QED) is 0.0807. The van der Waals surface area contributed by atoms with Crippen molar-refractivity contribution < 1.29 is 20.4 Å². The van der Waals surface area contributed by atoms with Gasteiger partial charge in [-0.05, 0) is 106 Å². The fourth-order valence-electron chi connectivity index (χ4n) is 7.43. The molecule has 4 heterocycles. The minimum atomic E-state index is -0.183. The molecule has 0 radical (unpaired) electrons. The van der Waals surface area contributed by atoms with Crippen LogP contribution in [-0.2, 0) is 0 Å². The van der Waals surface area contributed by atoms with Crippen molar-refractivity contribution in [2.45, 2.75) is 11.8 Å². The summed E-state index contributed by atoms with van der Waals surface area (Å²) in [6, 6.07) is 29.6. The molecule has 0 spiro atoms. The van der Waals surface area contributed by atoms with E-state index in [9.17, 15) is 20.4 Å². The molecule has 0 aliphatic heterocycles. The second-order valence-electron chi connectivity index (χ2n) is 13.2. The van der Waals surface area contributed by atoms with Crippen LogP contribution in [0.15, 0.2) is 134 Å². The zero-order chi connectivity index (χ0) is 35.3. The summed E-state index contributed by atoms with van der Waals surface area (Å²) < 4.78 is 0. The number of hydrogen-bond acceptors (Lipinski definition) is 4. The van der Waals surface area contributed by atoms with Crippen LogP contribution >= 0.6 is 0 Å². The highest BCUT2D eigenvalue weighted by molar-refractivity contribution is 5.91. The molecule has 8 N–H and O–H groups in total. The van der Waals surface area contributed by atoms with Crippen molar-refractivity contribution in [1.82, 2.24) is 19.9 Å². The lowest BCUT2D eigenvalue weighted by Crippen LogP contribution is -1.96. The van der Waals surface area contributed by atoms with Crippen molar-refractivity contribution in [1.29, 1.82) is 0 Å². The number of fused-ring (bicyclic) bond motifs is 4. The molecule has 0 unspecified atom stereocenters. The van der Waals surface area contributed by atoms with Gasteiger partial charge in [0.25, 0.3) is 0 Å². The van der Waals surface area contributed by atoms with Crippen LogP contribution in [-0.4, -0.2) is 40.4 Å². The van der Waals surface area contributed by atoms with Crippen molar-refractivity contribution in [2.75, 3.05) is 0 Å². The van der Waals surface area contributed by atoms with Gasteiger partial charge in [0.15, 0.2) is 0 Å². The van der Waals surface area contributed by atoms with Gasteiger partial charge in [0, 0.05) is 80.2 Å². The van der Waals surface area contributed by atoms with Crippen LogP contribution in [0.3, 0.4) is 0 Å². The Morgan fingerprint density at radius 3 is 0.904 bits per heavy atom. The third-order valence-corrected chi connectivity index (χ3v) is 10.0. The van der Waals surface area contributed by atoms with E-state index in [1.54, 1.807) is 48.5 Å². The van der Waals surface area contributed by atoms with E-state index in [4.69, 9.17) is 0 Å². The van der Waals surface area contributed by atoms with Crippen LogP contribution in [0.1, 0.15) is 45.2 Å². The van der Waals surface area contributed by atoms with E-state index in [-0.39, 0.29) is 34.8 Å². The maximum atomic E-state index is 10.3. The molecule has 5 aromatic carbocycles. The highest BCUT2D eigenvalue weighted by atomic mass is 16.3. The van der Waals surface area contributed by atoms with E-state index in [1.807, 2.05) is 49.1 Å². The third kappa shape index (κ3) is 5.52. The number of aromatic nitrogens is 4. The normalized spacial score (nSPS) is 12.3. The third-order valence-electron chi connectivity index (χ3n) is 10.0. The van der Waals surface area contributed by atoms with Gasteiger partial charge >= 0.3 is 0 Å². The molecule has 9 aromatic rings. The lowest BCUT2D eigenvalue weighted by atomic mass is 9.89. The molecule has 9 rings (SSSR count). The van der Waals surface area contributed by atoms with E-state index < -0.39 is 0 Å². The largest absolute Gasteiger partial charge is 0.508 e. The first kappa shape index (κ1) is 31.0. The Bertz CT molecular complexity index is 2460. The number of H-pyrrole nitrogens is 4. The molecule has 0 amide bonds. The number of hydrogen-bond donors (Lipinski definition) is 8. The van der Waals surface area contributed by atoms with Gasteiger partial charge in [0.2, 0.25) is 0 Å². The van der Waals surface area contributed by atoms with Gasteiger partial charge in [-0.2, -0.15) is 0 Å². The van der Waals surface area contributed by atoms with Crippen molar-refractivity contribution in [2.24, 2.45) is 0 Å². The highest BCUT2D eigenvalue weighted by Crippen LogP contribution is 2.40. The van der Waals surface area contributed by atoms with Crippen molar-refractivity contribution in [3.05, 3.63) is 167 Å². The predicted octanol–water partition coefficient (Wildman–Crippen LogP) is 10.1. The second kappa shape index (κ2) is 12.4. The van der Waals surface area contributed by atoms with Crippen LogP contribution in [0.4, 0.5) is 0 Å². The van der Waals surface area contributed by atoms with Gasteiger partial charge in [-0.15, -0.1) is 0 Å². The van der Waals surface area contributed by atoms with Gasteiger partial charge in [-0.25, -0.2) is 0 Å². The van der Waals surface area contributed by atoms with Crippen LogP contribution in [0.25, 0.3) is 55.8 Å². The molecule has 0 fully saturated rings. The van der Waals surface area contributed by atoms with Gasteiger partial charge in [-0.3, -0.25) is 0 Å². The van der Waals surface area contributed by atoms with Gasteiger partial charge in [0.1, 0.15) is 23.0 Å². The maximum Gasteiger partial charge on any atom is 0.116 e. The fraction of sp³-hybridized carbons (Fsp3) is 0.0455. The van der Waals surface area contributed by atoms with E-state index in [0.717, 1.165) is 77.0 Å². The molecule has 254 valence electrons. The Balaban J connectivity index is 1.07. The molecule has 8 heteroatoms. The van der Waals surface area contributed by atoms with E-state index in [2.05, 4.69) is 68.5 Å². The Hall–Kier alpha value is -7.06. The summed E-state index contributed by atoms with van der Waals surface area (Å²) in [5.74, 6) is 0.428. The Morgan fingerprint density at radius 2 is 0.635 bits per heavy atom. The predicted molar refractivity (Wildman–Crippen MR) is 208 cm³/mol. The van der Waals surface area contributed by atoms with Gasteiger partial charge in [0.05, 0.1) is 0 Å². The van der Waals surface area contributed by atoms with Crippen molar-refractivity contribution >= 4 is 55.8 Å². The number of phenols is 4. The summed E-state index contributed by atoms with van der Waals surface area (Å²) in [6.45, 7) is 0. The minimum absolute atomic E-state index is 0.183. The SMILES string of the molecule is Oc1ccc2[nH]cc(C(/C=C/c3ccc(/C=C/C(c4c[nH]c5ccc(O)cc45)c4c[nH]c5ccc(O)cc45)cc3)c3c[nH]c4ccc(O)cc34)c2c1.